The Morgan fingerprint density at radius 2 is 1.60 bits per heavy atom. The van der Waals surface area contributed by atoms with Crippen molar-refractivity contribution in [1.29, 1.82) is 0 Å². The monoisotopic (exact) mass is 640 g/mol. The van der Waals surface area contributed by atoms with Crippen molar-refractivity contribution in [2.24, 2.45) is 0 Å². The molecule has 48 heavy (non-hydrogen) atoms. The Kier molecular flexibility index (Phi) is 8.24. The normalized spacial score (nSPS) is 13.4. The van der Waals surface area contributed by atoms with E-state index in [4.69, 9.17) is 9.47 Å². The summed E-state index contributed by atoms with van der Waals surface area (Å²) in [6, 6.07) is 31.8. The Balaban J connectivity index is 1.07. The number of alkyl carbamates (subject to hydrolysis) is 1. The van der Waals surface area contributed by atoms with Crippen molar-refractivity contribution in [3.05, 3.63) is 142 Å². The number of H-pyrrole nitrogens is 1. The molecule has 11 heteroatoms. The SMILES string of the molecule is Cc1nc2c(nnn2-c2cccc([C@@H](C)OC(=O)[C@H](Cc3ccccc3)NC(=O)OCC3c4ccccc4-c4ccccc43)c2)c(=O)[nH]1. The van der Waals surface area contributed by atoms with E-state index in [-0.39, 0.29) is 30.0 Å². The number of nitrogens with zero attached hydrogens (tertiary/aromatic N) is 4. The largest absolute Gasteiger partial charge is 0.456 e. The zero-order chi connectivity index (χ0) is 33.2. The average molecular weight is 641 g/mol. The molecule has 0 spiro atoms. The van der Waals surface area contributed by atoms with E-state index >= 15 is 0 Å². The molecule has 2 aromatic heterocycles. The van der Waals surface area contributed by atoms with E-state index in [1.807, 2.05) is 60.7 Å². The number of hydrogen-bond donors (Lipinski definition) is 2. The minimum Gasteiger partial charge on any atom is -0.456 e. The van der Waals surface area contributed by atoms with Crippen LogP contribution in [0.4, 0.5) is 4.79 Å². The topological polar surface area (TPSA) is 141 Å². The van der Waals surface area contributed by atoms with Crippen LogP contribution in [-0.4, -0.2) is 49.7 Å². The summed E-state index contributed by atoms with van der Waals surface area (Å²) in [5.41, 5.74) is 6.62. The van der Waals surface area contributed by atoms with E-state index in [0.29, 0.717) is 22.7 Å². The maximum absolute atomic E-state index is 13.6. The van der Waals surface area contributed by atoms with Crippen molar-refractivity contribution in [2.75, 3.05) is 6.61 Å². The molecule has 0 saturated heterocycles. The average Bonchev–Trinajstić information content (AvgIpc) is 3.67. The summed E-state index contributed by atoms with van der Waals surface area (Å²) in [6.07, 6.45) is -1.19. The van der Waals surface area contributed by atoms with Gasteiger partial charge in [-0.05, 0) is 59.4 Å². The lowest BCUT2D eigenvalue weighted by Gasteiger charge is -2.22. The number of benzene rings is 4. The van der Waals surface area contributed by atoms with Crippen molar-refractivity contribution in [3.8, 4) is 16.8 Å². The molecule has 7 rings (SSSR count). The predicted octanol–water partition coefficient (Wildman–Crippen LogP) is 5.57. The fourth-order valence-electron chi connectivity index (χ4n) is 6.17. The van der Waals surface area contributed by atoms with E-state index in [1.165, 1.54) is 4.68 Å². The Morgan fingerprint density at radius 3 is 2.33 bits per heavy atom. The molecule has 2 N–H and O–H groups in total. The van der Waals surface area contributed by atoms with Crippen molar-refractivity contribution in [2.45, 2.75) is 38.3 Å². The van der Waals surface area contributed by atoms with Gasteiger partial charge in [0.25, 0.3) is 5.56 Å². The van der Waals surface area contributed by atoms with Crippen molar-refractivity contribution in [1.82, 2.24) is 30.3 Å². The maximum atomic E-state index is 13.6. The molecule has 0 aliphatic heterocycles. The van der Waals surface area contributed by atoms with Crippen LogP contribution in [0, 0.1) is 6.92 Å². The van der Waals surface area contributed by atoms with Gasteiger partial charge in [-0.1, -0.05) is 96.2 Å². The summed E-state index contributed by atoms with van der Waals surface area (Å²) < 4.78 is 13.1. The van der Waals surface area contributed by atoms with Crippen molar-refractivity contribution in [3.63, 3.8) is 0 Å². The Bertz CT molecular complexity index is 2150. The third kappa shape index (κ3) is 6.05. The van der Waals surface area contributed by atoms with Crippen LogP contribution in [0.25, 0.3) is 28.0 Å². The first-order chi connectivity index (χ1) is 23.4. The number of ether oxygens (including phenoxy) is 2. The van der Waals surface area contributed by atoms with E-state index in [0.717, 1.165) is 27.8 Å². The molecule has 0 unspecified atom stereocenters. The molecule has 0 saturated carbocycles. The van der Waals surface area contributed by atoms with Gasteiger partial charge in [-0.15, -0.1) is 5.10 Å². The van der Waals surface area contributed by atoms with Gasteiger partial charge < -0.3 is 19.8 Å². The summed E-state index contributed by atoms with van der Waals surface area (Å²) in [5, 5.41) is 10.9. The first kappa shape index (κ1) is 30.5. The number of fused-ring (bicyclic) bond motifs is 4. The molecule has 0 radical (unpaired) electrons. The molecule has 2 heterocycles. The second kappa shape index (κ2) is 13.0. The smallest absolute Gasteiger partial charge is 0.407 e. The number of carbonyl (C=O) groups excluding carboxylic acids is 2. The van der Waals surface area contributed by atoms with Crippen LogP contribution in [0.3, 0.4) is 0 Å². The second-order valence-electron chi connectivity index (χ2n) is 11.7. The standard InChI is InChI=1S/C37H32N6O5/c1-22(25-13-10-14-26(20-25)43-34-33(41-42-43)35(44)39-23(2)38-34)48-36(45)32(19-24-11-4-3-5-12-24)40-37(46)47-21-31-29-17-8-6-15-27(29)28-16-7-9-18-30(28)31/h3-18,20,22,31-32H,19,21H2,1-2H3,(H,40,46)(H,38,39,44)/t22-,32+/m1/s1. The first-order valence-corrected chi connectivity index (χ1v) is 15.6. The van der Waals surface area contributed by atoms with E-state index in [1.54, 1.807) is 32.0 Å². The number of hydrogen-bond acceptors (Lipinski definition) is 8. The first-order valence-electron chi connectivity index (χ1n) is 15.6. The highest BCUT2D eigenvalue weighted by Gasteiger charge is 2.30. The van der Waals surface area contributed by atoms with Gasteiger partial charge in [0.05, 0.1) is 5.69 Å². The summed E-state index contributed by atoms with van der Waals surface area (Å²) in [4.78, 5) is 46.2. The summed E-state index contributed by atoms with van der Waals surface area (Å²) in [5.74, 6) is -0.294. The predicted molar refractivity (Wildman–Crippen MR) is 179 cm³/mol. The molecule has 240 valence electrons. The summed E-state index contributed by atoms with van der Waals surface area (Å²) in [6.45, 7) is 3.54. The number of esters is 1. The number of carbonyl (C=O) groups is 2. The van der Waals surface area contributed by atoms with E-state index in [2.05, 4.69) is 49.9 Å². The highest BCUT2D eigenvalue weighted by molar-refractivity contribution is 5.82. The molecule has 1 aliphatic carbocycles. The molecule has 11 nitrogen and oxygen atoms in total. The third-order valence-electron chi connectivity index (χ3n) is 8.51. The van der Waals surface area contributed by atoms with Gasteiger partial charge in [0, 0.05) is 12.3 Å². The molecular weight excluding hydrogens is 608 g/mol. The van der Waals surface area contributed by atoms with Crippen LogP contribution < -0.4 is 10.9 Å². The highest BCUT2D eigenvalue weighted by Crippen LogP contribution is 2.44. The molecule has 1 aliphatic rings. The number of rotatable bonds is 9. The molecule has 4 aromatic carbocycles. The van der Waals surface area contributed by atoms with Gasteiger partial charge in [-0.2, -0.15) is 4.68 Å². The van der Waals surface area contributed by atoms with Crippen LogP contribution in [0.5, 0.6) is 0 Å². The quantitative estimate of drug-likeness (QED) is 0.196. The Labute approximate surface area is 275 Å². The number of aromatic nitrogens is 5. The van der Waals surface area contributed by atoms with Gasteiger partial charge >= 0.3 is 12.1 Å². The fraction of sp³-hybridized carbons (Fsp3) is 0.189. The number of aromatic amines is 1. The number of amides is 1. The molecular formula is C37H32N6O5. The fourth-order valence-corrected chi connectivity index (χ4v) is 6.17. The Morgan fingerprint density at radius 1 is 0.917 bits per heavy atom. The molecule has 1 amide bonds. The zero-order valence-corrected chi connectivity index (χ0v) is 26.3. The van der Waals surface area contributed by atoms with E-state index in [9.17, 15) is 14.4 Å². The molecule has 2 atom stereocenters. The van der Waals surface area contributed by atoms with Gasteiger partial charge in [0.2, 0.25) is 0 Å². The lowest BCUT2D eigenvalue weighted by atomic mass is 9.98. The Hall–Kier alpha value is -6.10. The lowest BCUT2D eigenvalue weighted by molar-refractivity contribution is -0.151. The zero-order valence-electron chi connectivity index (χ0n) is 26.3. The molecule has 6 aromatic rings. The summed E-state index contributed by atoms with van der Waals surface area (Å²) in [7, 11) is 0. The van der Waals surface area contributed by atoms with Crippen LogP contribution >= 0.6 is 0 Å². The van der Waals surface area contributed by atoms with E-state index < -0.39 is 24.2 Å². The van der Waals surface area contributed by atoms with Gasteiger partial charge in [-0.25, -0.2) is 14.6 Å². The second-order valence-corrected chi connectivity index (χ2v) is 11.7. The third-order valence-corrected chi connectivity index (χ3v) is 8.51. The lowest BCUT2D eigenvalue weighted by Crippen LogP contribution is -2.44. The van der Waals surface area contributed by atoms with Crippen molar-refractivity contribution < 1.29 is 19.1 Å². The van der Waals surface area contributed by atoms with Crippen LogP contribution in [-0.2, 0) is 20.7 Å². The maximum Gasteiger partial charge on any atom is 0.407 e. The van der Waals surface area contributed by atoms with Crippen LogP contribution in [0.15, 0.2) is 108 Å². The van der Waals surface area contributed by atoms with Gasteiger partial charge in [0.1, 0.15) is 24.6 Å². The molecule has 0 bridgehead atoms. The molecule has 0 fully saturated rings. The van der Waals surface area contributed by atoms with Crippen molar-refractivity contribution >= 4 is 23.2 Å². The van der Waals surface area contributed by atoms with Gasteiger partial charge in [-0.3, -0.25) is 4.79 Å². The number of aryl methyl sites for hydroxylation is 1. The highest BCUT2D eigenvalue weighted by atomic mass is 16.6. The number of nitrogens with one attached hydrogen (secondary N) is 2. The summed E-state index contributed by atoms with van der Waals surface area (Å²) >= 11 is 0. The van der Waals surface area contributed by atoms with Crippen LogP contribution in [0.1, 0.15) is 47.0 Å². The minimum atomic E-state index is -1.01. The van der Waals surface area contributed by atoms with Crippen LogP contribution in [0.2, 0.25) is 0 Å². The minimum absolute atomic E-state index is 0.116. The van der Waals surface area contributed by atoms with Gasteiger partial charge in [0.15, 0.2) is 11.2 Å².